The summed E-state index contributed by atoms with van der Waals surface area (Å²) in [4.78, 5) is 26.3. The van der Waals surface area contributed by atoms with Gasteiger partial charge < -0.3 is 18.6 Å². The Bertz CT molecular complexity index is 1330. The van der Waals surface area contributed by atoms with E-state index in [9.17, 15) is 4.79 Å². The number of hydrogen-bond donors (Lipinski definition) is 0. The molecule has 4 heterocycles. The maximum absolute atomic E-state index is 12.8. The zero-order valence-corrected chi connectivity index (χ0v) is 17.8. The lowest BCUT2D eigenvalue weighted by Crippen LogP contribution is -2.50. The van der Waals surface area contributed by atoms with Gasteiger partial charge in [-0.1, -0.05) is 17.7 Å². The number of anilines is 1. The molecule has 1 saturated heterocycles. The number of halogens is 1. The smallest absolute Gasteiger partial charge is 0.344 e. The van der Waals surface area contributed by atoms with Gasteiger partial charge in [0.2, 0.25) is 0 Å². The summed E-state index contributed by atoms with van der Waals surface area (Å²) in [7, 11) is 2.14. The molecule has 0 saturated carbocycles. The maximum atomic E-state index is 12.8. The van der Waals surface area contributed by atoms with Crippen LogP contribution in [0.1, 0.15) is 12.6 Å². The van der Waals surface area contributed by atoms with Crippen molar-refractivity contribution < 1.29 is 4.42 Å². The highest BCUT2D eigenvalue weighted by Gasteiger charge is 2.21. The van der Waals surface area contributed by atoms with E-state index >= 15 is 0 Å². The summed E-state index contributed by atoms with van der Waals surface area (Å²) in [6.07, 6.45) is 3.48. The second-order valence-corrected chi connectivity index (χ2v) is 8.34. The Morgan fingerprint density at radius 3 is 2.80 bits per heavy atom. The van der Waals surface area contributed by atoms with E-state index in [0.29, 0.717) is 39.4 Å². The monoisotopic (exact) mass is 423 g/mol. The summed E-state index contributed by atoms with van der Waals surface area (Å²) in [6.45, 7) is 6.93. The number of likely N-dealkylation sites (N-methyl/N-ethyl adjacent to an activating group) is 1. The van der Waals surface area contributed by atoms with Crippen LogP contribution in [0.5, 0.6) is 0 Å². The molecule has 5 rings (SSSR count). The van der Waals surface area contributed by atoms with E-state index in [4.69, 9.17) is 16.0 Å². The second-order valence-electron chi connectivity index (χ2n) is 7.95. The molecule has 7 nitrogen and oxygen atoms in total. The van der Waals surface area contributed by atoms with Gasteiger partial charge in [0.25, 0.3) is 0 Å². The highest BCUT2D eigenvalue weighted by molar-refractivity contribution is 6.29. The van der Waals surface area contributed by atoms with Crippen molar-refractivity contribution in [2.75, 3.05) is 31.6 Å². The lowest BCUT2D eigenvalue weighted by molar-refractivity contribution is 0.234. The van der Waals surface area contributed by atoms with Crippen molar-refractivity contribution in [3.63, 3.8) is 0 Å². The molecule has 4 aromatic rings. The number of aromatic nitrogens is 3. The predicted molar refractivity (Wildman–Crippen MR) is 119 cm³/mol. The molecular formula is C22H22ClN5O2. The maximum Gasteiger partial charge on any atom is 0.344 e. The number of aryl methyl sites for hydroxylation is 1. The Kier molecular flexibility index (Phi) is 4.52. The fraction of sp³-hybridized carbons (Fsp3) is 0.318. The third-order valence-electron chi connectivity index (χ3n) is 5.90. The number of imidazole rings is 1. The van der Waals surface area contributed by atoms with Gasteiger partial charge in [-0.15, -0.1) is 0 Å². The van der Waals surface area contributed by atoms with Crippen LogP contribution in [0.2, 0.25) is 5.15 Å². The van der Waals surface area contributed by atoms with Crippen LogP contribution < -0.4 is 10.5 Å². The molecule has 1 aliphatic rings. The summed E-state index contributed by atoms with van der Waals surface area (Å²) < 4.78 is 7.44. The van der Waals surface area contributed by atoms with Crippen LogP contribution in [0.3, 0.4) is 0 Å². The SMILES string of the molecule is Cc1nc(Cl)cn2cc(-c3cc4ccc(N5CCN(C)[C@@H](C)C5)cc4c(=O)o3)nc12. The molecule has 3 aromatic heterocycles. The summed E-state index contributed by atoms with van der Waals surface area (Å²) >= 11 is 6.04. The minimum absolute atomic E-state index is 0.364. The van der Waals surface area contributed by atoms with Gasteiger partial charge in [-0.05, 0) is 44.5 Å². The van der Waals surface area contributed by atoms with Crippen LogP contribution in [0.25, 0.3) is 27.9 Å². The number of hydrogen-bond acceptors (Lipinski definition) is 6. The zero-order chi connectivity index (χ0) is 21.0. The third kappa shape index (κ3) is 3.24. The van der Waals surface area contributed by atoms with Gasteiger partial charge in [-0.25, -0.2) is 14.8 Å². The van der Waals surface area contributed by atoms with Crippen LogP contribution >= 0.6 is 11.6 Å². The van der Waals surface area contributed by atoms with E-state index in [1.165, 1.54) is 0 Å². The highest BCUT2D eigenvalue weighted by Crippen LogP contribution is 2.27. The van der Waals surface area contributed by atoms with Crippen LogP contribution in [0.4, 0.5) is 5.69 Å². The zero-order valence-electron chi connectivity index (χ0n) is 17.1. The average molecular weight is 424 g/mol. The third-order valence-corrected chi connectivity index (χ3v) is 6.08. The highest BCUT2D eigenvalue weighted by atomic mass is 35.5. The Hall–Kier alpha value is -2.90. The van der Waals surface area contributed by atoms with E-state index in [0.717, 1.165) is 30.7 Å². The van der Waals surface area contributed by atoms with Crippen LogP contribution in [-0.2, 0) is 0 Å². The topological polar surface area (TPSA) is 66.9 Å². The van der Waals surface area contributed by atoms with Crippen molar-refractivity contribution >= 4 is 33.7 Å². The molecule has 0 N–H and O–H groups in total. The molecule has 0 radical (unpaired) electrons. The second kappa shape index (κ2) is 7.11. The van der Waals surface area contributed by atoms with Gasteiger partial charge in [-0.3, -0.25) is 0 Å². The Morgan fingerprint density at radius 1 is 1.17 bits per heavy atom. The molecule has 0 unspecified atom stereocenters. The van der Waals surface area contributed by atoms with E-state index < -0.39 is 0 Å². The predicted octanol–water partition coefficient (Wildman–Crippen LogP) is 3.60. The van der Waals surface area contributed by atoms with E-state index in [2.05, 4.69) is 39.8 Å². The summed E-state index contributed by atoms with van der Waals surface area (Å²) in [5.41, 5.74) is 2.64. The van der Waals surface area contributed by atoms with Gasteiger partial charge in [0.1, 0.15) is 10.8 Å². The molecule has 0 spiro atoms. The summed E-state index contributed by atoms with van der Waals surface area (Å²) in [5.74, 6) is 0.424. The van der Waals surface area contributed by atoms with Gasteiger partial charge in [0.05, 0.1) is 11.1 Å². The molecule has 8 heteroatoms. The lowest BCUT2D eigenvalue weighted by Gasteiger charge is -2.39. The minimum atomic E-state index is -0.364. The molecule has 0 aliphatic carbocycles. The van der Waals surface area contributed by atoms with Crippen LogP contribution in [-0.4, -0.2) is 52.0 Å². The van der Waals surface area contributed by atoms with Crippen molar-refractivity contribution in [3.8, 4) is 11.5 Å². The molecule has 30 heavy (non-hydrogen) atoms. The van der Waals surface area contributed by atoms with E-state index in [1.54, 1.807) is 16.8 Å². The number of fused-ring (bicyclic) bond motifs is 2. The minimum Gasteiger partial charge on any atom is -0.421 e. The Balaban J connectivity index is 1.55. The summed E-state index contributed by atoms with van der Waals surface area (Å²) in [6, 6.07) is 8.31. The molecule has 0 amide bonds. The Labute approximate surface area is 178 Å². The number of nitrogens with zero attached hydrogens (tertiary/aromatic N) is 5. The van der Waals surface area contributed by atoms with Gasteiger partial charge in [0, 0.05) is 43.8 Å². The molecule has 1 atom stereocenters. The normalized spacial score (nSPS) is 17.9. The summed E-state index contributed by atoms with van der Waals surface area (Å²) in [5, 5.41) is 1.79. The first-order chi connectivity index (χ1) is 14.4. The van der Waals surface area contributed by atoms with Crippen molar-refractivity contribution in [1.82, 2.24) is 19.3 Å². The van der Waals surface area contributed by atoms with Gasteiger partial charge in [0.15, 0.2) is 11.4 Å². The quantitative estimate of drug-likeness (QED) is 0.490. The molecule has 1 aliphatic heterocycles. The van der Waals surface area contributed by atoms with Crippen molar-refractivity contribution in [3.05, 3.63) is 57.9 Å². The van der Waals surface area contributed by atoms with Crippen molar-refractivity contribution in [2.24, 2.45) is 0 Å². The first-order valence-corrected chi connectivity index (χ1v) is 10.3. The lowest BCUT2D eigenvalue weighted by atomic mass is 10.1. The fourth-order valence-corrected chi connectivity index (χ4v) is 4.24. The molecule has 0 bridgehead atoms. The largest absolute Gasteiger partial charge is 0.421 e. The van der Waals surface area contributed by atoms with Gasteiger partial charge in [-0.2, -0.15) is 0 Å². The van der Waals surface area contributed by atoms with Crippen LogP contribution in [0, 0.1) is 6.92 Å². The number of rotatable bonds is 2. The fourth-order valence-electron chi connectivity index (χ4n) is 4.01. The van der Waals surface area contributed by atoms with Gasteiger partial charge >= 0.3 is 5.63 Å². The first kappa shape index (κ1) is 19.1. The van der Waals surface area contributed by atoms with Crippen molar-refractivity contribution in [1.29, 1.82) is 0 Å². The Morgan fingerprint density at radius 2 is 2.00 bits per heavy atom. The van der Waals surface area contributed by atoms with Crippen molar-refractivity contribution in [2.45, 2.75) is 19.9 Å². The molecule has 1 fully saturated rings. The molecular weight excluding hydrogens is 402 g/mol. The average Bonchev–Trinajstić information content (AvgIpc) is 3.14. The number of benzene rings is 1. The van der Waals surface area contributed by atoms with E-state index in [1.807, 2.05) is 25.1 Å². The molecule has 1 aromatic carbocycles. The molecule has 154 valence electrons. The van der Waals surface area contributed by atoms with Crippen LogP contribution in [0.15, 0.2) is 45.9 Å². The van der Waals surface area contributed by atoms with E-state index in [-0.39, 0.29) is 5.63 Å². The number of piperazine rings is 1. The first-order valence-electron chi connectivity index (χ1n) is 9.94. The standard InChI is InChI=1S/C22H22ClN5O2/c1-13-10-27(7-6-26(13)3)16-5-4-15-8-19(30-22(29)17(15)9-16)18-11-28-12-20(23)24-14(2)21(28)25-18/h4-5,8-9,11-13H,6-7,10H2,1-3H3/t13-/m0/s1.